The van der Waals surface area contributed by atoms with Gasteiger partial charge in [-0.1, -0.05) is 12.1 Å². The maximum absolute atomic E-state index is 11.8. The fourth-order valence-corrected chi connectivity index (χ4v) is 3.35. The Bertz CT molecular complexity index is 559. The molecule has 6 nitrogen and oxygen atoms in total. The van der Waals surface area contributed by atoms with Crippen molar-refractivity contribution in [3.63, 3.8) is 0 Å². The molecule has 0 N–H and O–H groups in total. The van der Waals surface area contributed by atoms with Crippen molar-refractivity contribution in [3.05, 3.63) is 24.3 Å². The lowest BCUT2D eigenvalue weighted by Crippen LogP contribution is -2.48. The zero-order valence-corrected chi connectivity index (χ0v) is 11.1. The highest BCUT2D eigenvalue weighted by molar-refractivity contribution is 7.88. The van der Waals surface area contributed by atoms with Crippen LogP contribution in [0, 0.1) is 0 Å². The van der Waals surface area contributed by atoms with Gasteiger partial charge in [-0.05, 0) is 12.1 Å². The topological polar surface area (TPSA) is 65.1 Å². The molecule has 1 saturated heterocycles. The molecule has 0 amide bonds. The maximum Gasteiger partial charge on any atom is 0.238 e. The van der Waals surface area contributed by atoms with Crippen molar-refractivity contribution in [3.8, 4) is 11.5 Å². The normalized spacial score (nSPS) is 26.0. The van der Waals surface area contributed by atoms with Crippen LogP contribution in [0.5, 0.6) is 11.5 Å². The van der Waals surface area contributed by atoms with Crippen LogP contribution < -0.4 is 9.47 Å². The van der Waals surface area contributed by atoms with Crippen LogP contribution in [0.15, 0.2) is 24.3 Å². The second-order valence-corrected chi connectivity index (χ2v) is 6.41. The van der Waals surface area contributed by atoms with Crippen LogP contribution in [-0.2, 0) is 14.8 Å². The van der Waals surface area contributed by atoms with E-state index in [2.05, 4.69) is 0 Å². The number of hydrogen-bond donors (Lipinski definition) is 0. The van der Waals surface area contributed by atoms with E-state index in [0.717, 1.165) is 0 Å². The zero-order chi connectivity index (χ0) is 13.3. The van der Waals surface area contributed by atoms with E-state index in [1.165, 1.54) is 4.31 Å². The van der Waals surface area contributed by atoms with Crippen LogP contribution in [0.4, 0.5) is 0 Å². The molecule has 2 heterocycles. The van der Waals surface area contributed by atoms with E-state index in [0.29, 0.717) is 37.8 Å². The molecule has 0 bridgehead atoms. The fourth-order valence-electron chi connectivity index (χ4n) is 2.13. The van der Waals surface area contributed by atoms with Gasteiger partial charge in [0, 0.05) is 6.54 Å². The van der Waals surface area contributed by atoms with E-state index in [1.54, 1.807) is 0 Å². The summed E-state index contributed by atoms with van der Waals surface area (Å²) in [5, 5.41) is 0. The molecule has 3 rings (SSSR count). The zero-order valence-electron chi connectivity index (χ0n) is 10.3. The van der Waals surface area contributed by atoms with Crippen LogP contribution in [-0.4, -0.2) is 51.1 Å². The summed E-state index contributed by atoms with van der Waals surface area (Å²) >= 11 is 0. The minimum atomic E-state index is -3.32. The minimum absolute atomic E-state index is 0.253. The third kappa shape index (κ3) is 2.68. The maximum atomic E-state index is 11.8. The second-order valence-electron chi connectivity index (χ2n) is 4.49. The molecule has 0 spiro atoms. The Morgan fingerprint density at radius 1 is 1.26 bits per heavy atom. The first kappa shape index (κ1) is 12.7. The summed E-state index contributed by atoms with van der Waals surface area (Å²) in [4.78, 5) is 0. The highest BCUT2D eigenvalue weighted by atomic mass is 32.2. The smallest absolute Gasteiger partial charge is 0.238 e. The van der Waals surface area contributed by atoms with Gasteiger partial charge in [0.1, 0.15) is 12.7 Å². The van der Waals surface area contributed by atoms with Crippen molar-refractivity contribution in [1.29, 1.82) is 0 Å². The Balaban J connectivity index is 1.69. The molecule has 1 aromatic rings. The summed E-state index contributed by atoms with van der Waals surface area (Å²) in [6.07, 6.45) is -0.289. The summed E-state index contributed by atoms with van der Waals surface area (Å²) in [7, 11) is -3.32. The lowest BCUT2D eigenvalue weighted by atomic mass is 10.2. The number of sulfonamides is 1. The van der Waals surface area contributed by atoms with Crippen LogP contribution in [0.3, 0.4) is 0 Å². The predicted octanol–water partition coefficient (Wildman–Crippen LogP) is 0.446. The van der Waals surface area contributed by atoms with E-state index in [4.69, 9.17) is 14.2 Å². The largest absolute Gasteiger partial charge is 0.486 e. The molecule has 1 atom stereocenters. The van der Waals surface area contributed by atoms with Crippen molar-refractivity contribution >= 4 is 10.0 Å². The SMILES string of the molecule is O=S1(=O)COCCN1C[C@@H]1COc2ccccc2O1. The van der Waals surface area contributed by atoms with E-state index >= 15 is 0 Å². The molecule has 0 saturated carbocycles. The Kier molecular flexibility index (Phi) is 3.34. The van der Waals surface area contributed by atoms with Crippen molar-refractivity contribution in [2.45, 2.75) is 6.10 Å². The Labute approximate surface area is 111 Å². The number of fused-ring (bicyclic) bond motifs is 1. The highest BCUT2D eigenvalue weighted by Crippen LogP contribution is 2.31. The molecular formula is C12H15NO5S. The van der Waals surface area contributed by atoms with Gasteiger partial charge in [-0.2, -0.15) is 4.31 Å². The highest BCUT2D eigenvalue weighted by Gasteiger charge is 2.31. The summed E-state index contributed by atoms with van der Waals surface area (Å²) in [5.74, 6) is 1.10. The Hall–Kier alpha value is -1.31. The number of benzene rings is 1. The first-order valence-electron chi connectivity index (χ1n) is 6.09. The van der Waals surface area contributed by atoms with Crippen LogP contribution >= 0.6 is 0 Å². The van der Waals surface area contributed by atoms with E-state index in [9.17, 15) is 8.42 Å². The van der Waals surface area contributed by atoms with Gasteiger partial charge in [0.15, 0.2) is 17.4 Å². The third-order valence-corrected chi connectivity index (χ3v) is 4.67. The van der Waals surface area contributed by atoms with Gasteiger partial charge in [0.05, 0.1) is 13.2 Å². The fraction of sp³-hybridized carbons (Fsp3) is 0.500. The molecule has 104 valence electrons. The predicted molar refractivity (Wildman–Crippen MR) is 67.7 cm³/mol. The number of nitrogens with zero attached hydrogens (tertiary/aromatic N) is 1. The van der Waals surface area contributed by atoms with Gasteiger partial charge in [-0.25, -0.2) is 8.42 Å². The summed E-state index contributed by atoms with van der Waals surface area (Å²) in [6.45, 7) is 1.43. The van der Waals surface area contributed by atoms with Crippen LogP contribution in [0.1, 0.15) is 0 Å². The van der Waals surface area contributed by atoms with E-state index in [-0.39, 0.29) is 12.0 Å². The number of para-hydroxylation sites is 2. The van der Waals surface area contributed by atoms with Gasteiger partial charge in [-0.15, -0.1) is 0 Å². The lowest BCUT2D eigenvalue weighted by molar-refractivity contribution is 0.0617. The second kappa shape index (κ2) is 4.99. The molecule has 7 heteroatoms. The molecule has 1 fully saturated rings. The first-order valence-corrected chi connectivity index (χ1v) is 7.70. The Morgan fingerprint density at radius 3 is 2.84 bits per heavy atom. The lowest BCUT2D eigenvalue weighted by Gasteiger charge is -2.32. The molecule has 1 aromatic carbocycles. The van der Waals surface area contributed by atoms with E-state index in [1.807, 2.05) is 24.3 Å². The first-order chi connectivity index (χ1) is 9.15. The van der Waals surface area contributed by atoms with E-state index < -0.39 is 10.0 Å². The van der Waals surface area contributed by atoms with Crippen molar-refractivity contribution in [2.24, 2.45) is 0 Å². The van der Waals surface area contributed by atoms with Gasteiger partial charge >= 0.3 is 0 Å². The van der Waals surface area contributed by atoms with Gasteiger partial charge in [0.25, 0.3) is 0 Å². The van der Waals surface area contributed by atoms with Crippen LogP contribution in [0.25, 0.3) is 0 Å². The van der Waals surface area contributed by atoms with Crippen molar-refractivity contribution in [2.75, 3.05) is 32.2 Å². The molecule has 2 aliphatic heterocycles. The summed E-state index contributed by atoms with van der Waals surface area (Å²) in [6, 6.07) is 7.37. The van der Waals surface area contributed by atoms with Gasteiger partial charge in [-0.3, -0.25) is 0 Å². The van der Waals surface area contributed by atoms with Crippen molar-refractivity contribution < 1.29 is 22.6 Å². The molecule has 0 unspecified atom stereocenters. The van der Waals surface area contributed by atoms with Gasteiger partial charge in [0.2, 0.25) is 10.0 Å². The minimum Gasteiger partial charge on any atom is -0.486 e. The Morgan fingerprint density at radius 2 is 2.05 bits per heavy atom. The molecule has 19 heavy (non-hydrogen) atoms. The standard InChI is InChI=1S/C12H15NO5S/c14-19(15)9-16-6-5-13(19)7-10-8-17-11-3-1-2-4-12(11)18-10/h1-4,10H,5-9H2/t10-/m1/s1. The van der Waals surface area contributed by atoms with Crippen molar-refractivity contribution in [1.82, 2.24) is 4.31 Å². The molecule has 0 aromatic heterocycles. The summed E-state index contributed by atoms with van der Waals surface area (Å²) in [5.41, 5.74) is 0. The quantitative estimate of drug-likeness (QED) is 0.789. The summed E-state index contributed by atoms with van der Waals surface area (Å²) < 4.78 is 41.3. The third-order valence-electron chi connectivity index (χ3n) is 3.09. The van der Waals surface area contributed by atoms with Crippen LogP contribution in [0.2, 0.25) is 0 Å². The monoisotopic (exact) mass is 285 g/mol. The molecule has 0 radical (unpaired) electrons. The van der Waals surface area contributed by atoms with Gasteiger partial charge < -0.3 is 14.2 Å². The average molecular weight is 285 g/mol. The molecular weight excluding hydrogens is 270 g/mol. The number of rotatable bonds is 2. The average Bonchev–Trinajstić information content (AvgIpc) is 2.41. The number of hydrogen-bond acceptors (Lipinski definition) is 5. The molecule has 2 aliphatic rings. The molecule has 0 aliphatic carbocycles. The number of ether oxygens (including phenoxy) is 3.